The largest absolute Gasteiger partial charge is 0.497 e. The van der Waals surface area contributed by atoms with Crippen LogP contribution < -0.4 is 15.2 Å². The molecule has 0 radical (unpaired) electrons. The lowest BCUT2D eigenvalue weighted by Gasteiger charge is -2.27. The molecule has 0 spiro atoms. The number of amides is 1. The number of aryl methyl sites for hydroxylation is 1. The highest BCUT2D eigenvalue weighted by Gasteiger charge is 2.33. The van der Waals surface area contributed by atoms with Crippen molar-refractivity contribution in [3.63, 3.8) is 0 Å². The monoisotopic (exact) mass is 340 g/mol. The average Bonchev–Trinajstić information content (AvgIpc) is 3.12. The Morgan fingerprint density at radius 2 is 1.96 bits per heavy atom. The Balaban J connectivity index is 1.95. The number of hydrogen-bond donors (Lipinski definition) is 1. The molecule has 1 unspecified atom stereocenters. The summed E-state index contributed by atoms with van der Waals surface area (Å²) in [5, 5.41) is 0. The van der Waals surface area contributed by atoms with Gasteiger partial charge in [-0.25, -0.2) is 0 Å². The van der Waals surface area contributed by atoms with Crippen molar-refractivity contribution >= 4 is 11.6 Å². The number of likely N-dealkylation sites (tertiary alicyclic amines) is 1. The summed E-state index contributed by atoms with van der Waals surface area (Å²) in [5.41, 5.74) is 9.10. The second-order valence-corrected chi connectivity index (χ2v) is 6.34. The summed E-state index contributed by atoms with van der Waals surface area (Å²) >= 11 is 0. The first kappa shape index (κ1) is 17.1. The molecule has 1 fully saturated rings. The zero-order valence-electron chi connectivity index (χ0n) is 14.9. The molecule has 2 aromatic rings. The zero-order chi connectivity index (χ0) is 18.0. The van der Waals surface area contributed by atoms with Crippen molar-refractivity contribution in [3.8, 4) is 11.5 Å². The molecule has 25 heavy (non-hydrogen) atoms. The van der Waals surface area contributed by atoms with Gasteiger partial charge >= 0.3 is 0 Å². The number of hydrogen-bond acceptors (Lipinski definition) is 4. The van der Waals surface area contributed by atoms with Crippen LogP contribution in [0.15, 0.2) is 36.4 Å². The number of nitrogens with two attached hydrogens (primary N) is 1. The summed E-state index contributed by atoms with van der Waals surface area (Å²) in [6.45, 7) is 2.67. The highest BCUT2D eigenvalue weighted by atomic mass is 16.5. The molecule has 1 saturated heterocycles. The number of nitrogen functional groups attached to an aromatic ring is 1. The maximum Gasteiger partial charge on any atom is 0.254 e. The van der Waals surface area contributed by atoms with Gasteiger partial charge in [-0.2, -0.15) is 0 Å². The summed E-state index contributed by atoms with van der Waals surface area (Å²) in [6, 6.07) is 11.2. The molecule has 5 nitrogen and oxygen atoms in total. The topological polar surface area (TPSA) is 64.8 Å². The summed E-state index contributed by atoms with van der Waals surface area (Å²) in [5.74, 6) is 1.50. The van der Waals surface area contributed by atoms with Gasteiger partial charge < -0.3 is 20.1 Å². The van der Waals surface area contributed by atoms with Crippen molar-refractivity contribution in [2.75, 3.05) is 26.5 Å². The van der Waals surface area contributed by atoms with E-state index in [1.165, 1.54) is 0 Å². The fraction of sp³-hybridized carbons (Fsp3) is 0.350. The molecule has 0 bridgehead atoms. The van der Waals surface area contributed by atoms with Crippen LogP contribution in [0.3, 0.4) is 0 Å². The zero-order valence-corrected chi connectivity index (χ0v) is 14.9. The molecule has 0 aromatic heterocycles. The molecule has 2 aromatic carbocycles. The number of carbonyl (C=O) groups excluding carboxylic acids is 1. The van der Waals surface area contributed by atoms with Crippen LogP contribution in [0.25, 0.3) is 0 Å². The molecular formula is C20H24N2O3. The van der Waals surface area contributed by atoms with Crippen molar-refractivity contribution in [2.24, 2.45) is 0 Å². The molecule has 1 aliphatic heterocycles. The van der Waals surface area contributed by atoms with Crippen LogP contribution in [0.2, 0.25) is 0 Å². The number of benzene rings is 2. The Morgan fingerprint density at radius 1 is 1.16 bits per heavy atom. The van der Waals surface area contributed by atoms with E-state index in [-0.39, 0.29) is 11.9 Å². The van der Waals surface area contributed by atoms with E-state index in [2.05, 4.69) is 0 Å². The van der Waals surface area contributed by atoms with Crippen molar-refractivity contribution in [1.82, 2.24) is 4.90 Å². The number of rotatable bonds is 4. The van der Waals surface area contributed by atoms with Crippen molar-refractivity contribution < 1.29 is 14.3 Å². The lowest BCUT2D eigenvalue weighted by atomic mass is 10.0. The second-order valence-electron chi connectivity index (χ2n) is 6.34. The number of anilines is 1. The number of ether oxygens (including phenoxy) is 2. The van der Waals surface area contributed by atoms with Gasteiger partial charge in [-0.1, -0.05) is 6.07 Å². The molecule has 5 heteroatoms. The highest BCUT2D eigenvalue weighted by Crippen LogP contribution is 2.39. The summed E-state index contributed by atoms with van der Waals surface area (Å²) in [6.07, 6.45) is 1.88. The molecule has 1 amide bonds. The van der Waals surface area contributed by atoms with Gasteiger partial charge in [-0.05, 0) is 49.6 Å². The SMILES string of the molecule is COc1ccc(C2CCCN2C(=O)c2cc(N)ccc2C)c(OC)c1. The van der Waals surface area contributed by atoms with Gasteiger partial charge in [-0.3, -0.25) is 4.79 Å². The molecule has 1 heterocycles. The predicted molar refractivity (Wildman–Crippen MR) is 98.1 cm³/mol. The van der Waals surface area contributed by atoms with Crippen LogP contribution >= 0.6 is 0 Å². The van der Waals surface area contributed by atoms with E-state index in [0.29, 0.717) is 11.3 Å². The summed E-state index contributed by atoms with van der Waals surface area (Å²) in [7, 11) is 3.27. The smallest absolute Gasteiger partial charge is 0.254 e. The molecule has 0 saturated carbocycles. The van der Waals surface area contributed by atoms with Gasteiger partial charge in [0, 0.05) is 29.4 Å². The lowest BCUT2D eigenvalue weighted by molar-refractivity contribution is 0.0733. The van der Waals surface area contributed by atoms with E-state index in [1.54, 1.807) is 20.3 Å². The van der Waals surface area contributed by atoms with Gasteiger partial charge in [0.25, 0.3) is 5.91 Å². The van der Waals surface area contributed by atoms with E-state index >= 15 is 0 Å². The van der Waals surface area contributed by atoms with E-state index < -0.39 is 0 Å². The number of methoxy groups -OCH3 is 2. The number of nitrogens with zero attached hydrogens (tertiary/aromatic N) is 1. The maximum atomic E-state index is 13.1. The molecule has 2 N–H and O–H groups in total. The van der Waals surface area contributed by atoms with Crippen LogP contribution in [0.5, 0.6) is 11.5 Å². The van der Waals surface area contributed by atoms with E-state index in [4.69, 9.17) is 15.2 Å². The van der Waals surface area contributed by atoms with Crippen LogP contribution in [-0.2, 0) is 0 Å². The van der Waals surface area contributed by atoms with Gasteiger partial charge in [0.15, 0.2) is 0 Å². The Bertz CT molecular complexity index is 789. The third-order valence-corrected chi connectivity index (χ3v) is 4.81. The fourth-order valence-corrected chi connectivity index (χ4v) is 3.45. The third kappa shape index (κ3) is 3.27. The van der Waals surface area contributed by atoms with Gasteiger partial charge in [0.1, 0.15) is 11.5 Å². The molecule has 1 atom stereocenters. The minimum Gasteiger partial charge on any atom is -0.497 e. The van der Waals surface area contributed by atoms with Crippen LogP contribution in [0.4, 0.5) is 5.69 Å². The third-order valence-electron chi connectivity index (χ3n) is 4.81. The summed E-state index contributed by atoms with van der Waals surface area (Å²) < 4.78 is 10.8. The first-order valence-electron chi connectivity index (χ1n) is 8.44. The van der Waals surface area contributed by atoms with E-state index in [0.717, 1.165) is 42.0 Å². The van der Waals surface area contributed by atoms with Gasteiger partial charge in [0.2, 0.25) is 0 Å². The molecule has 1 aliphatic rings. The lowest BCUT2D eigenvalue weighted by Crippen LogP contribution is -2.31. The quantitative estimate of drug-likeness (QED) is 0.864. The molecule has 132 valence electrons. The fourth-order valence-electron chi connectivity index (χ4n) is 3.45. The normalized spacial score (nSPS) is 16.8. The Kier molecular flexibility index (Phi) is 4.83. The van der Waals surface area contributed by atoms with E-state index in [9.17, 15) is 4.79 Å². The first-order chi connectivity index (χ1) is 12.0. The Labute approximate surface area is 148 Å². The van der Waals surface area contributed by atoms with Crippen molar-refractivity contribution in [1.29, 1.82) is 0 Å². The molecule has 3 rings (SSSR count). The predicted octanol–water partition coefficient (Wildman–Crippen LogP) is 3.57. The first-order valence-corrected chi connectivity index (χ1v) is 8.44. The van der Waals surface area contributed by atoms with Crippen LogP contribution in [0.1, 0.15) is 40.4 Å². The maximum absolute atomic E-state index is 13.1. The number of carbonyl (C=O) groups is 1. The van der Waals surface area contributed by atoms with E-state index in [1.807, 2.05) is 42.2 Å². The van der Waals surface area contributed by atoms with Crippen molar-refractivity contribution in [3.05, 3.63) is 53.1 Å². The average molecular weight is 340 g/mol. The Hall–Kier alpha value is -2.69. The standard InChI is InChI=1S/C20H24N2O3/c1-13-6-7-14(21)11-17(13)20(23)22-10-4-5-18(22)16-9-8-15(24-2)12-19(16)25-3/h6-9,11-12,18H,4-5,10,21H2,1-3H3. The second kappa shape index (κ2) is 7.05. The van der Waals surface area contributed by atoms with Gasteiger partial charge in [-0.15, -0.1) is 0 Å². The molecular weight excluding hydrogens is 316 g/mol. The van der Waals surface area contributed by atoms with Crippen molar-refractivity contribution in [2.45, 2.75) is 25.8 Å². The Morgan fingerprint density at radius 3 is 2.68 bits per heavy atom. The summed E-state index contributed by atoms with van der Waals surface area (Å²) in [4.78, 5) is 15.1. The highest BCUT2D eigenvalue weighted by molar-refractivity contribution is 5.97. The minimum atomic E-state index is -0.00538. The van der Waals surface area contributed by atoms with Crippen LogP contribution in [-0.4, -0.2) is 31.6 Å². The van der Waals surface area contributed by atoms with Crippen LogP contribution in [0, 0.1) is 6.92 Å². The van der Waals surface area contributed by atoms with Gasteiger partial charge in [0.05, 0.1) is 20.3 Å². The molecule has 0 aliphatic carbocycles. The minimum absolute atomic E-state index is 0.00538.